The van der Waals surface area contributed by atoms with E-state index in [1.54, 1.807) is 12.3 Å². The van der Waals surface area contributed by atoms with Crippen LogP contribution in [0.1, 0.15) is 25.0 Å². The molecular formula is C12H20N2O3S. The van der Waals surface area contributed by atoms with E-state index in [-0.39, 0.29) is 11.8 Å². The minimum atomic E-state index is -3.19. The molecule has 2 N–H and O–H groups in total. The molecule has 0 saturated carbocycles. The molecule has 5 nitrogen and oxygen atoms in total. The lowest BCUT2D eigenvalue weighted by Gasteiger charge is -2.23. The Hall–Kier alpha value is -0.850. The minimum Gasteiger partial charge on any atom is -0.469 e. The molecule has 1 fully saturated rings. The van der Waals surface area contributed by atoms with Gasteiger partial charge in [-0.25, -0.2) is 13.1 Å². The predicted octanol–water partition coefficient (Wildman–Crippen LogP) is 0.884. The normalized spacial score (nSPS) is 21.0. The molecule has 0 spiro atoms. The summed E-state index contributed by atoms with van der Waals surface area (Å²) in [5.74, 6) is 0.971. The lowest BCUT2D eigenvalue weighted by molar-refractivity contribution is 0.422. The molecule has 1 aromatic heterocycles. The summed E-state index contributed by atoms with van der Waals surface area (Å²) in [6, 6.07) is 3.74. The van der Waals surface area contributed by atoms with Gasteiger partial charge in [-0.15, -0.1) is 0 Å². The van der Waals surface area contributed by atoms with Gasteiger partial charge in [-0.3, -0.25) is 0 Å². The highest BCUT2D eigenvalue weighted by molar-refractivity contribution is 7.89. The van der Waals surface area contributed by atoms with Gasteiger partial charge in [-0.1, -0.05) is 6.42 Å². The Morgan fingerprint density at radius 3 is 3.00 bits per heavy atom. The largest absolute Gasteiger partial charge is 0.469 e. The van der Waals surface area contributed by atoms with Crippen LogP contribution in [0.3, 0.4) is 0 Å². The number of hydrogen-bond acceptors (Lipinski definition) is 4. The van der Waals surface area contributed by atoms with E-state index < -0.39 is 10.0 Å². The summed E-state index contributed by atoms with van der Waals surface area (Å²) in [5.41, 5.74) is 0. The highest BCUT2D eigenvalue weighted by atomic mass is 32.2. The third-order valence-corrected chi connectivity index (χ3v) is 4.59. The van der Waals surface area contributed by atoms with Crippen molar-refractivity contribution in [1.82, 2.24) is 10.0 Å². The number of hydrogen-bond donors (Lipinski definition) is 2. The van der Waals surface area contributed by atoms with Crippen LogP contribution in [-0.2, 0) is 16.4 Å². The third-order valence-electron chi connectivity index (χ3n) is 3.11. The van der Waals surface area contributed by atoms with Gasteiger partial charge in [0.1, 0.15) is 5.76 Å². The highest BCUT2D eigenvalue weighted by Gasteiger charge is 2.20. The molecule has 1 unspecified atom stereocenters. The Bertz CT molecular complexity index is 436. The minimum absolute atomic E-state index is 0.0971. The topological polar surface area (TPSA) is 71.3 Å². The molecule has 2 heterocycles. The van der Waals surface area contributed by atoms with E-state index in [1.165, 1.54) is 0 Å². The molecule has 2 rings (SSSR count). The summed E-state index contributed by atoms with van der Waals surface area (Å²) >= 11 is 0. The second-order valence-electron chi connectivity index (χ2n) is 4.65. The van der Waals surface area contributed by atoms with Crippen LogP contribution in [-0.4, -0.2) is 33.3 Å². The van der Waals surface area contributed by atoms with E-state index in [4.69, 9.17) is 4.42 Å². The fourth-order valence-corrected chi connectivity index (χ4v) is 3.52. The van der Waals surface area contributed by atoms with Gasteiger partial charge in [-0.05, 0) is 31.5 Å². The molecule has 6 heteroatoms. The Morgan fingerprint density at radius 1 is 1.44 bits per heavy atom. The lowest BCUT2D eigenvalue weighted by Crippen LogP contribution is -2.42. The first-order valence-corrected chi connectivity index (χ1v) is 8.04. The second-order valence-corrected chi connectivity index (χ2v) is 6.50. The predicted molar refractivity (Wildman–Crippen MR) is 69.8 cm³/mol. The summed E-state index contributed by atoms with van der Waals surface area (Å²) in [7, 11) is -3.19. The van der Waals surface area contributed by atoms with Gasteiger partial charge in [0, 0.05) is 19.0 Å². The van der Waals surface area contributed by atoms with Crippen molar-refractivity contribution in [1.29, 1.82) is 0 Å². The summed E-state index contributed by atoms with van der Waals surface area (Å²) in [4.78, 5) is 0. The van der Waals surface area contributed by atoms with Crippen LogP contribution in [0.5, 0.6) is 0 Å². The highest BCUT2D eigenvalue weighted by Crippen LogP contribution is 2.08. The Kier molecular flexibility index (Phi) is 4.79. The standard InChI is InChI=1S/C12H20N2O3S/c15-18(16,10-11-4-1-2-7-13-11)14-8-6-12-5-3-9-17-12/h3,5,9,11,13-14H,1-2,4,6-8,10H2. The van der Waals surface area contributed by atoms with Crippen LogP contribution >= 0.6 is 0 Å². The molecule has 0 radical (unpaired) electrons. The number of furan rings is 1. The van der Waals surface area contributed by atoms with E-state index in [0.717, 1.165) is 31.6 Å². The number of piperidine rings is 1. The van der Waals surface area contributed by atoms with E-state index in [2.05, 4.69) is 10.0 Å². The fourth-order valence-electron chi connectivity index (χ4n) is 2.17. The maximum Gasteiger partial charge on any atom is 0.213 e. The molecule has 1 atom stereocenters. The van der Waals surface area contributed by atoms with Crippen molar-refractivity contribution >= 4 is 10.0 Å². The summed E-state index contributed by atoms with van der Waals surface area (Å²) in [6.45, 7) is 1.31. The van der Waals surface area contributed by atoms with Gasteiger partial charge in [-0.2, -0.15) is 0 Å². The molecule has 1 aliphatic rings. The third kappa shape index (κ3) is 4.44. The molecule has 18 heavy (non-hydrogen) atoms. The van der Waals surface area contributed by atoms with Gasteiger partial charge in [0.25, 0.3) is 0 Å². The monoisotopic (exact) mass is 272 g/mol. The smallest absolute Gasteiger partial charge is 0.213 e. The van der Waals surface area contributed by atoms with E-state index in [0.29, 0.717) is 13.0 Å². The zero-order chi connectivity index (χ0) is 12.8. The van der Waals surface area contributed by atoms with E-state index in [9.17, 15) is 8.42 Å². The van der Waals surface area contributed by atoms with Crippen molar-refractivity contribution in [2.45, 2.75) is 31.7 Å². The summed E-state index contributed by atoms with van der Waals surface area (Å²) in [6.07, 6.45) is 5.38. The quantitative estimate of drug-likeness (QED) is 0.806. The number of rotatable bonds is 6. The maximum absolute atomic E-state index is 11.8. The van der Waals surface area contributed by atoms with Crippen LogP contribution in [0.25, 0.3) is 0 Å². The summed E-state index contributed by atoms with van der Waals surface area (Å²) < 4.78 is 31.5. The van der Waals surface area contributed by atoms with Crippen molar-refractivity contribution < 1.29 is 12.8 Å². The van der Waals surface area contributed by atoms with Crippen LogP contribution in [0.4, 0.5) is 0 Å². The molecule has 1 saturated heterocycles. The molecular weight excluding hydrogens is 252 g/mol. The zero-order valence-electron chi connectivity index (χ0n) is 10.4. The van der Waals surface area contributed by atoms with Crippen LogP contribution < -0.4 is 10.0 Å². The molecule has 0 aliphatic carbocycles. The average molecular weight is 272 g/mol. The zero-order valence-corrected chi connectivity index (χ0v) is 11.2. The van der Waals surface area contributed by atoms with Crippen LogP contribution in [0.2, 0.25) is 0 Å². The van der Waals surface area contributed by atoms with Crippen LogP contribution in [0, 0.1) is 0 Å². The van der Waals surface area contributed by atoms with E-state index in [1.807, 2.05) is 6.07 Å². The fraction of sp³-hybridized carbons (Fsp3) is 0.667. The Morgan fingerprint density at radius 2 is 2.33 bits per heavy atom. The average Bonchev–Trinajstić information content (AvgIpc) is 2.82. The SMILES string of the molecule is O=S(=O)(CC1CCCCN1)NCCc1ccco1. The lowest BCUT2D eigenvalue weighted by atomic mass is 10.1. The number of sulfonamides is 1. The van der Waals surface area contributed by atoms with Gasteiger partial charge in [0.15, 0.2) is 0 Å². The van der Waals surface area contributed by atoms with Crippen molar-refractivity contribution in [2.75, 3.05) is 18.8 Å². The summed E-state index contributed by atoms with van der Waals surface area (Å²) in [5, 5.41) is 3.24. The van der Waals surface area contributed by atoms with Gasteiger partial charge >= 0.3 is 0 Å². The van der Waals surface area contributed by atoms with Gasteiger partial charge in [0.2, 0.25) is 10.0 Å². The molecule has 0 bridgehead atoms. The first-order chi connectivity index (χ1) is 8.66. The molecule has 1 aromatic rings. The van der Waals surface area contributed by atoms with Crippen molar-refractivity contribution in [3.05, 3.63) is 24.2 Å². The first kappa shape index (κ1) is 13.6. The molecule has 0 amide bonds. The van der Waals surface area contributed by atoms with Crippen LogP contribution in [0.15, 0.2) is 22.8 Å². The van der Waals surface area contributed by atoms with Gasteiger partial charge in [0.05, 0.1) is 12.0 Å². The second kappa shape index (κ2) is 6.36. The molecule has 1 aliphatic heterocycles. The van der Waals surface area contributed by atoms with Crippen molar-refractivity contribution in [3.63, 3.8) is 0 Å². The van der Waals surface area contributed by atoms with Gasteiger partial charge < -0.3 is 9.73 Å². The Labute approximate surface area is 108 Å². The molecule has 102 valence electrons. The maximum atomic E-state index is 11.8. The first-order valence-electron chi connectivity index (χ1n) is 6.39. The van der Waals surface area contributed by atoms with Crippen molar-refractivity contribution in [3.8, 4) is 0 Å². The number of nitrogens with one attached hydrogen (secondary N) is 2. The Balaban J connectivity index is 1.73. The van der Waals surface area contributed by atoms with Crippen molar-refractivity contribution in [2.24, 2.45) is 0 Å². The molecule has 0 aromatic carbocycles. The van der Waals surface area contributed by atoms with E-state index >= 15 is 0 Å².